The van der Waals surface area contributed by atoms with Crippen molar-refractivity contribution in [2.45, 2.75) is 19.6 Å². The van der Waals surface area contributed by atoms with Crippen molar-refractivity contribution in [3.8, 4) is 0 Å². The number of aliphatic imine (C=N–C) groups is 1. The number of rotatable bonds is 6. The number of thiazole rings is 1. The van der Waals surface area contributed by atoms with Crippen LogP contribution < -0.4 is 16.0 Å². The molecule has 1 aromatic carbocycles. The van der Waals surface area contributed by atoms with Crippen molar-refractivity contribution < 1.29 is 22.4 Å². The van der Waals surface area contributed by atoms with Crippen molar-refractivity contribution in [1.82, 2.24) is 20.9 Å². The van der Waals surface area contributed by atoms with Crippen LogP contribution >= 0.6 is 35.3 Å². The number of hydrogen-bond acceptors (Lipinski definition) is 4. The number of benzene rings is 1. The van der Waals surface area contributed by atoms with Gasteiger partial charge in [0.2, 0.25) is 0 Å². The van der Waals surface area contributed by atoms with E-state index >= 15 is 0 Å². The highest BCUT2D eigenvalue weighted by atomic mass is 127. The van der Waals surface area contributed by atoms with Gasteiger partial charge in [0.25, 0.3) is 5.91 Å². The van der Waals surface area contributed by atoms with E-state index in [0.717, 1.165) is 16.7 Å². The van der Waals surface area contributed by atoms with Crippen LogP contribution in [0.2, 0.25) is 0 Å². The number of guanidine groups is 1. The number of carbonyl (C=O) groups excluding carboxylic acids is 1. The van der Waals surface area contributed by atoms with Gasteiger partial charge < -0.3 is 16.0 Å². The predicted molar refractivity (Wildman–Crippen MR) is 114 cm³/mol. The Morgan fingerprint density at radius 3 is 2.48 bits per heavy atom. The van der Waals surface area contributed by atoms with E-state index in [1.54, 1.807) is 6.92 Å². The quantitative estimate of drug-likeness (QED) is 0.171. The molecule has 2 aromatic rings. The van der Waals surface area contributed by atoms with Gasteiger partial charge in [0.05, 0.1) is 6.54 Å². The number of alkyl halides is 3. The normalized spacial score (nSPS) is 11.6. The zero-order valence-corrected chi connectivity index (χ0v) is 18.7. The summed E-state index contributed by atoms with van der Waals surface area (Å²) in [7, 11) is 1.51. The molecule has 1 heterocycles. The number of nitrogens with zero attached hydrogens (tertiary/aromatic N) is 2. The summed E-state index contributed by atoms with van der Waals surface area (Å²) in [4.78, 5) is 19.4. The number of halogens is 5. The smallest absolute Gasteiger partial charge is 0.355 e. The maximum Gasteiger partial charge on any atom is 0.434 e. The van der Waals surface area contributed by atoms with E-state index in [4.69, 9.17) is 0 Å². The monoisotopic (exact) mass is 545 g/mol. The third-order valence-corrected chi connectivity index (χ3v) is 4.46. The molecular formula is C17H20F4IN5OS. The molecule has 0 aliphatic carbocycles. The van der Waals surface area contributed by atoms with E-state index in [0.29, 0.717) is 18.1 Å². The molecule has 0 radical (unpaired) electrons. The van der Waals surface area contributed by atoms with E-state index in [1.165, 1.54) is 25.2 Å². The van der Waals surface area contributed by atoms with Crippen molar-refractivity contribution >= 4 is 47.2 Å². The molecule has 0 aliphatic rings. The summed E-state index contributed by atoms with van der Waals surface area (Å²) in [5.74, 6) is -0.517. The van der Waals surface area contributed by atoms with Crippen molar-refractivity contribution in [2.24, 2.45) is 4.99 Å². The molecule has 1 aromatic heterocycles. The maximum atomic E-state index is 13.5. The van der Waals surface area contributed by atoms with Gasteiger partial charge in [-0.05, 0) is 24.6 Å². The molecule has 0 aliphatic heterocycles. The van der Waals surface area contributed by atoms with Gasteiger partial charge in [0, 0.05) is 31.1 Å². The van der Waals surface area contributed by atoms with Crippen LogP contribution in [0, 0.1) is 12.7 Å². The fourth-order valence-electron chi connectivity index (χ4n) is 2.10. The predicted octanol–water partition coefficient (Wildman–Crippen LogP) is 3.32. The van der Waals surface area contributed by atoms with Gasteiger partial charge >= 0.3 is 6.18 Å². The Hall–Kier alpha value is -1.96. The van der Waals surface area contributed by atoms with Gasteiger partial charge in [0.15, 0.2) is 11.7 Å². The Morgan fingerprint density at radius 2 is 1.90 bits per heavy atom. The summed E-state index contributed by atoms with van der Waals surface area (Å²) < 4.78 is 51.1. The molecule has 6 nitrogen and oxygen atoms in total. The third-order valence-electron chi connectivity index (χ3n) is 3.61. The van der Waals surface area contributed by atoms with E-state index < -0.39 is 23.6 Å². The van der Waals surface area contributed by atoms with Crippen molar-refractivity contribution in [3.63, 3.8) is 0 Å². The van der Waals surface area contributed by atoms with Gasteiger partial charge in [-0.15, -0.1) is 35.3 Å². The Labute approximate surface area is 186 Å². The van der Waals surface area contributed by atoms with Crippen LogP contribution in [0.15, 0.2) is 28.6 Å². The van der Waals surface area contributed by atoms with E-state index in [2.05, 4.69) is 25.9 Å². The van der Waals surface area contributed by atoms with E-state index in [9.17, 15) is 22.4 Å². The summed E-state index contributed by atoms with van der Waals surface area (Å²) in [6, 6.07) is 4.23. The highest BCUT2D eigenvalue weighted by Crippen LogP contribution is 2.29. The fourth-order valence-corrected chi connectivity index (χ4v) is 2.84. The van der Waals surface area contributed by atoms with Crippen LogP contribution in [0.25, 0.3) is 0 Å². The molecule has 0 fully saturated rings. The minimum absolute atomic E-state index is 0. The first-order chi connectivity index (χ1) is 13.2. The minimum Gasteiger partial charge on any atom is -0.355 e. The number of aromatic nitrogens is 1. The molecule has 0 spiro atoms. The molecule has 0 saturated heterocycles. The zero-order chi connectivity index (χ0) is 20.7. The Bertz CT molecular complexity index is 857. The molecule has 29 heavy (non-hydrogen) atoms. The molecule has 0 atom stereocenters. The van der Waals surface area contributed by atoms with Crippen LogP contribution in [-0.4, -0.2) is 37.0 Å². The van der Waals surface area contributed by atoms with Crippen LogP contribution in [0.5, 0.6) is 0 Å². The first kappa shape index (κ1) is 25.1. The van der Waals surface area contributed by atoms with Crippen LogP contribution in [-0.2, 0) is 12.7 Å². The van der Waals surface area contributed by atoms with E-state index in [-0.39, 0.29) is 47.6 Å². The lowest BCUT2D eigenvalue weighted by Gasteiger charge is -2.11. The van der Waals surface area contributed by atoms with Crippen molar-refractivity contribution in [3.05, 3.63) is 51.2 Å². The average Bonchev–Trinajstić information content (AvgIpc) is 3.12. The maximum absolute atomic E-state index is 13.5. The molecule has 0 unspecified atom stereocenters. The molecular weight excluding hydrogens is 525 g/mol. The molecule has 12 heteroatoms. The van der Waals surface area contributed by atoms with E-state index in [1.807, 2.05) is 0 Å². The van der Waals surface area contributed by atoms with Crippen molar-refractivity contribution in [1.29, 1.82) is 0 Å². The Morgan fingerprint density at radius 1 is 1.21 bits per heavy atom. The van der Waals surface area contributed by atoms with Gasteiger partial charge in [-0.25, -0.2) is 9.37 Å². The lowest BCUT2D eigenvalue weighted by atomic mass is 10.1. The second kappa shape index (κ2) is 11.3. The van der Waals surface area contributed by atoms with Gasteiger partial charge in [-0.1, -0.05) is 6.07 Å². The topological polar surface area (TPSA) is 78.4 Å². The van der Waals surface area contributed by atoms with Crippen LogP contribution in [0.1, 0.15) is 26.6 Å². The number of hydrogen-bond donors (Lipinski definition) is 3. The van der Waals surface area contributed by atoms with Crippen LogP contribution in [0.4, 0.5) is 17.6 Å². The second-order valence-electron chi connectivity index (χ2n) is 5.70. The number of nitrogens with one attached hydrogen (secondary N) is 3. The highest BCUT2D eigenvalue weighted by Gasteiger charge is 2.33. The molecule has 0 saturated carbocycles. The molecule has 1 amide bonds. The summed E-state index contributed by atoms with van der Waals surface area (Å²) in [6.07, 6.45) is -4.47. The number of carbonyl (C=O) groups is 1. The summed E-state index contributed by atoms with van der Waals surface area (Å²) in [5.41, 5.74) is -0.252. The van der Waals surface area contributed by atoms with Gasteiger partial charge in [-0.3, -0.25) is 9.79 Å². The standard InChI is InChI=1S/C17H19F4N5OS.HI/c1-10-3-4-11(7-12(10)18)15(27)23-5-6-24-16(22-2)25-8-14-26-13(9-28-14)17(19,20)21;/h3-4,7,9H,5-6,8H2,1-2H3,(H,23,27)(H2,22,24,25);1H. The molecule has 160 valence electrons. The minimum atomic E-state index is -4.47. The first-order valence-corrected chi connectivity index (χ1v) is 9.09. The van der Waals surface area contributed by atoms with Crippen LogP contribution in [0.3, 0.4) is 0 Å². The average molecular weight is 545 g/mol. The fraction of sp³-hybridized carbons (Fsp3) is 0.353. The molecule has 2 rings (SSSR count). The summed E-state index contributed by atoms with van der Waals surface area (Å²) in [5, 5.41) is 9.61. The molecule has 0 bridgehead atoms. The summed E-state index contributed by atoms with van der Waals surface area (Å²) in [6.45, 7) is 2.24. The summed E-state index contributed by atoms with van der Waals surface area (Å²) >= 11 is 0.897. The highest BCUT2D eigenvalue weighted by molar-refractivity contribution is 14.0. The zero-order valence-electron chi connectivity index (χ0n) is 15.6. The Kier molecular flexibility index (Phi) is 9.76. The largest absolute Gasteiger partial charge is 0.434 e. The molecule has 3 N–H and O–H groups in total. The number of amides is 1. The van der Waals surface area contributed by atoms with Gasteiger partial charge in [0.1, 0.15) is 10.8 Å². The number of aryl methyl sites for hydroxylation is 1. The lowest BCUT2D eigenvalue weighted by Crippen LogP contribution is -2.41. The Balaban J connectivity index is 0.00000420. The first-order valence-electron chi connectivity index (χ1n) is 8.21. The van der Waals surface area contributed by atoms with Crippen molar-refractivity contribution in [2.75, 3.05) is 20.1 Å². The second-order valence-corrected chi connectivity index (χ2v) is 6.64. The van der Waals surface area contributed by atoms with Gasteiger partial charge in [-0.2, -0.15) is 13.2 Å². The third kappa shape index (κ3) is 7.76. The SMILES string of the molecule is CN=C(NCCNC(=O)c1ccc(C)c(F)c1)NCc1nc(C(F)(F)F)cs1.I. The lowest BCUT2D eigenvalue weighted by molar-refractivity contribution is -0.140.